The van der Waals surface area contributed by atoms with Crippen molar-refractivity contribution in [1.82, 2.24) is 0 Å². The SMILES string of the molecule is CNc1ccccc1C(O)c1ccccc1Cl. The standard InChI is InChI=1S/C14H14ClNO/c1-16-13-9-5-3-7-11(13)14(17)10-6-2-4-8-12(10)15/h2-9,14,16-17H,1H3. The van der Waals surface area contributed by atoms with E-state index in [9.17, 15) is 5.11 Å². The van der Waals surface area contributed by atoms with Crippen molar-refractivity contribution in [2.45, 2.75) is 6.10 Å². The second-order valence-corrected chi connectivity index (χ2v) is 4.17. The van der Waals surface area contributed by atoms with E-state index in [4.69, 9.17) is 11.6 Å². The Balaban J connectivity index is 2.44. The molecule has 0 aliphatic rings. The molecule has 0 aliphatic heterocycles. The fraction of sp³-hybridized carbons (Fsp3) is 0.143. The van der Waals surface area contributed by atoms with E-state index in [1.165, 1.54) is 0 Å². The van der Waals surface area contributed by atoms with E-state index in [1.807, 2.05) is 49.5 Å². The Labute approximate surface area is 106 Å². The molecule has 0 fully saturated rings. The number of halogens is 1. The third-order valence-electron chi connectivity index (χ3n) is 2.72. The molecule has 0 aliphatic carbocycles. The van der Waals surface area contributed by atoms with Crippen LogP contribution in [0.1, 0.15) is 17.2 Å². The number of aliphatic hydroxyl groups is 1. The topological polar surface area (TPSA) is 32.3 Å². The first-order chi connectivity index (χ1) is 8.24. The van der Waals surface area contributed by atoms with Gasteiger partial charge in [-0.3, -0.25) is 0 Å². The zero-order valence-electron chi connectivity index (χ0n) is 9.52. The van der Waals surface area contributed by atoms with Gasteiger partial charge in [0.2, 0.25) is 0 Å². The number of hydrogen-bond acceptors (Lipinski definition) is 2. The van der Waals surface area contributed by atoms with Gasteiger partial charge in [0.05, 0.1) is 0 Å². The second kappa shape index (κ2) is 5.21. The highest BCUT2D eigenvalue weighted by Crippen LogP contribution is 2.31. The minimum atomic E-state index is -0.715. The molecule has 1 unspecified atom stereocenters. The van der Waals surface area contributed by atoms with Gasteiger partial charge in [-0.15, -0.1) is 0 Å². The van der Waals surface area contributed by atoms with Crippen molar-refractivity contribution in [2.24, 2.45) is 0 Å². The minimum Gasteiger partial charge on any atom is -0.388 e. The fourth-order valence-electron chi connectivity index (χ4n) is 1.83. The molecule has 0 heterocycles. The molecular formula is C14H14ClNO. The lowest BCUT2D eigenvalue weighted by Crippen LogP contribution is -2.04. The quantitative estimate of drug-likeness (QED) is 0.871. The summed E-state index contributed by atoms with van der Waals surface area (Å²) in [6.45, 7) is 0. The average Bonchev–Trinajstić information content (AvgIpc) is 2.38. The maximum Gasteiger partial charge on any atom is 0.107 e. The molecule has 1 atom stereocenters. The molecule has 2 rings (SSSR count). The van der Waals surface area contributed by atoms with Gasteiger partial charge in [0.25, 0.3) is 0 Å². The molecule has 2 aromatic carbocycles. The van der Waals surface area contributed by atoms with E-state index in [0.29, 0.717) is 5.02 Å². The molecule has 0 aromatic heterocycles. The van der Waals surface area contributed by atoms with Gasteiger partial charge in [0.15, 0.2) is 0 Å². The monoisotopic (exact) mass is 247 g/mol. The number of para-hydroxylation sites is 1. The zero-order valence-corrected chi connectivity index (χ0v) is 10.3. The lowest BCUT2D eigenvalue weighted by Gasteiger charge is -2.16. The van der Waals surface area contributed by atoms with E-state index >= 15 is 0 Å². The molecule has 0 bridgehead atoms. The van der Waals surface area contributed by atoms with Gasteiger partial charge in [-0.1, -0.05) is 48.0 Å². The molecule has 0 spiro atoms. The zero-order chi connectivity index (χ0) is 12.3. The van der Waals surface area contributed by atoms with Gasteiger partial charge >= 0.3 is 0 Å². The number of aliphatic hydroxyl groups excluding tert-OH is 1. The highest BCUT2D eigenvalue weighted by molar-refractivity contribution is 6.31. The van der Waals surface area contributed by atoms with Gasteiger partial charge in [-0.25, -0.2) is 0 Å². The Morgan fingerprint density at radius 1 is 1.00 bits per heavy atom. The summed E-state index contributed by atoms with van der Waals surface area (Å²) in [7, 11) is 1.83. The highest BCUT2D eigenvalue weighted by atomic mass is 35.5. The lowest BCUT2D eigenvalue weighted by molar-refractivity contribution is 0.221. The number of hydrogen-bond donors (Lipinski definition) is 2. The molecule has 0 radical (unpaired) electrons. The van der Waals surface area contributed by atoms with Crippen LogP contribution in [-0.2, 0) is 0 Å². The van der Waals surface area contributed by atoms with Crippen LogP contribution in [0.15, 0.2) is 48.5 Å². The van der Waals surface area contributed by atoms with Crippen LogP contribution in [0.5, 0.6) is 0 Å². The van der Waals surface area contributed by atoms with Crippen molar-refractivity contribution in [3.8, 4) is 0 Å². The van der Waals surface area contributed by atoms with Crippen LogP contribution in [0.4, 0.5) is 5.69 Å². The molecular weight excluding hydrogens is 234 g/mol. The molecule has 2 aromatic rings. The third-order valence-corrected chi connectivity index (χ3v) is 3.07. The molecule has 0 saturated heterocycles. The van der Waals surface area contributed by atoms with Crippen molar-refractivity contribution >= 4 is 17.3 Å². The van der Waals surface area contributed by atoms with Crippen LogP contribution in [0, 0.1) is 0 Å². The van der Waals surface area contributed by atoms with E-state index in [2.05, 4.69) is 5.32 Å². The predicted molar refractivity (Wildman–Crippen MR) is 71.5 cm³/mol. The first-order valence-electron chi connectivity index (χ1n) is 5.43. The number of nitrogens with one attached hydrogen (secondary N) is 1. The first-order valence-corrected chi connectivity index (χ1v) is 5.81. The van der Waals surface area contributed by atoms with E-state index < -0.39 is 6.10 Å². The average molecular weight is 248 g/mol. The summed E-state index contributed by atoms with van der Waals surface area (Å²) in [6.07, 6.45) is -0.715. The van der Waals surface area contributed by atoms with Crippen LogP contribution in [-0.4, -0.2) is 12.2 Å². The third kappa shape index (κ3) is 2.43. The summed E-state index contributed by atoms with van der Waals surface area (Å²) in [5.74, 6) is 0. The molecule has 0 saturated carbocycles. The Hall–Kier alpha value is -1.51. The van der Waals surface area contributed by atoms with Gasteiger partial charge in [-0.2, -0.15) is 0 Å². The summed E-state index contributed by atoms with van der Waals surface area (Å²) in [4.78, 5) is 0. The Morgan fingerprint density at radius 3 is 2.24 bits per heavy atom. The highest BCUT2D eigenvalue weighted by Gasteiger charge is 2.15. The lowest BCUT2D eigenvalue weighted by atomic mass is 10.00. The van der Waals surface area contributed by atoms with Crippen LogP contribution in [0.3, 0.4) is 0 Å². The Morgan fingerprint density at radius 2 is 1.59 bits per heavy atom. The normalized spacial score (nSPS) is 12.2. The van der Waals surface area contributed by atoms with Gasteiger partial charge < -0.3 is 10.4 Å². The summed E-state index contributed by atoms with van der Waals surface area (Å²) < 4.78 is 0. The fourth-order valence-corrected chi connectivity index (χ4v) is 2.07. The molecule has 2 nitrogen and oxygen atoms in total. The van der Waals surface area contributed by atoms with E-state index in [-0.39, 0.29) is 0 Å². The van der Waals surface area contributed by atoms with Gasteiger partial charge in [-0.05, 0) is 12.1 Å². The van der Waals surface area contributed by atoms with Crippen molar-refractivity contribution in [2.75, 3.05) is 12.4 Å². The van der Waals surface area contributed by atoms with Gasteiger partial charge in [0.1, 0.15) is 6.10 Å². The maximum atomic E-state index is 10.4. The number of rotatable bonds is 3. The smallest absolute Gasteiger partial charge is 0.107 e. The first kappa shape index (κ1) is 12.0. The molecule has 17 heavy (non-hydrogen) atoms. The summed E-state index contributed by atoms with van der Waals surface area (Å²) >= 11 is 6.08. The minimum absolute atomic E-state index is 0.575. The van der Waals surface area contributed by atoms with Crippen molar-refractivity contribution in [1.29, 1.82) is 0 Å². The Kier molecular flexibility index (Phi) is 3.67. The van der Waals surface area contributed by atoms with Crippen LogP contribution in [0.25, 0.3) is 0 Å². The summed E-state index contributed by atoms with van der Waals surface area (Å²) in [5.41, 5.74) is 2.44. The van der Waals surface area contributed by atoms with Crippen LogP contribution in [0.2, 0.25) is 5.02 Å². The largest absolute Gasteiger partial charge is 0.388 e. The second-order valence-electron chi connectivity index (χ2n) is 3.76. The molecule has 88 valence electrons. The van der Waals surface area contributed by atoms with Crippen molar-refractivity contribution in [3.63, 3.8) is 0 Å². The maximum absolute atomic E-state index is 10.4. The summed E-state index contributed by atoms with van der Waals surface area (Å²) in [5, 5.41) is 14.0. The molecule has 3 heteroatoms. The Bertz CT molecular complexity index is 513. The molecule has 2 N–H and O–H groups in total. The van der Waals surface area contributed by atoms with Crippen LogP contribution >= 0.6 is 11.6 Å². The predicted octanol–water partition coefficient (Wildman–Crippen LogP) is 3.46. The van der Waals surface area contributed by atoms with E-state index in [0.717, 1.165) is 16.8 Å². The summed E-state index contributed by atoms with van der Waals surface area (Å²) in [6, 6.07) is 15.0. The van der Waals surface area contributed by atoms with Crippen LogP contribution < -0.4 is 5.32 Å². The van der Waals surface area contributed by atoms with E-state index in [1.54, 1.807) is 6.07 Å². The number of benzene rings is 2. The molecule has 0 amide bonds. The number of anilines is 1. The van der Waals surface area contributed by atoms with Crippen molar-refractivity contribution in [3.05, 3.63) is 64.7 Å². The van der Waals surface area contributed by atoms with Crippen molar-refractivity contribution < 1.29 is 5.11 Å². The van der Waals surface area contributed by atoms with Gasteiger partial charge in [0, 0.05) is 28.9 Å².